The summed E-state index contributed by atoms with van der Waals surface area (Å²) < 4.78 is 0. The molecule has 2 aromatic heterocycles. The minimum absolute atomic E-state index is 0.0427. The summed E-state index contributed by atoms with van der Waals surface area (Å²) in [6.45, 7) is 0.769. The fraction of sp³-hybridized carbons (Fsp3) is 0.467. The zero-order chi connectivity index (χ0) is 15.4. The quantitative estimate of drug-likeness (QED) is 0.796. The van der Waals surface area contributed by atoms with Crippen molar-refractivity contribution in [2.75, 3.05) is 11.9 Å². The number of aryl methyl sites for hydroxylation is 3. The minimum Gasteiger partial charge on any atom is -0.476 e. The van der Waals surface area contributed by atoms with Crippen molar-refractivity contribution >= 4 is 23.1 Å². The molecule has 6 nitrogen and oxygen atoms in total. The van der Waals surface area contributed by atoms with E-state index >= 15 is 0 Å². The molecule has 1 aliphatic rings. The van der Waals surface area contributed by atoms with Gasteiger partial charge in [0, 0.05) is 17.8 Å². The van der Waals surface area contributed by atoms with E-state index in [1.807, 2.05) is 11.3 Å². The van der Waals surface area contributed by atoms with Crippen LogP contribution in [0.15, 0.2) is 12.4 Å². The Hall–Kier alpha value is -2.02. The van der Waals surface area contributed by atoms with Crippen molar-refractivity contribution in [3.63, 3.8) is 0 Å². The van der Waals surface area contributed by atoms with Crippen LogP contribution in [0.3, 0.4) is 0 Å². The van der Waals surface area contributed by atoms with E-state index in [1.165, 1.54) is 47.2 Å². The Labute approximate surface area is 132 Å². The number of anilines is 1. The number of nitrogens with one attached hydrogen (secondary N) is 1. The first-order valence-electron chi connectivity index (χ1n) is 7.49. The zero-order valence-electron chi connectivity index (χ0n) is 12.2. The second-order valence-electron chi connectivity index (χ2n) is 5.31. The summed E-state index contributed by atoms with van der Waals surface area (Å²) >= 11 is 1.85. The first-order valence-corrected chi connectivity index (χ1v) is 8.30. The van der Waals surface area contributed by atoms with Gasteiger partial charge in [-0.25, -0.2) is 19.7 Å². The Morgan fingerprint density at radius 2 is 2.14 bits per heavy atom. The molecule has 2 N–H and O–H groups in total. The molecule has 0 aromatic carbocycles. The lowest BCUT2D eigenvalue weighted by atomic mass is 10.0. The number of rotatable bonds is 6. The summed E-state index contributed by atoms with van der Waals surface area (Å²) in [4.78, 5) is 24.7. The molecule has 2 heterocycles. The van der Waals surface area contributed by atoms with Crippen molar-refractivity contribution in [3.05, 3.63) is 33.7 Å². The van der Waals surface area contributed by atoms with E-state index in [0.29, 0.717) is 5.82 Å². The molecule has 0 bridgehead atoms. The van der Waals surface area contributed by atoms with Gasteiger partial charge >= 0.3 is 5.97 Å². The van der Waals surface area contributed by atoms with Gasteiger partial charge in [0.05, 0.1) is 23.1 Å². The number of fused-ring (bicyclic) bond motifs is 1. The third-order valence-electron chi connectivity index (χ3n) is 3.63. The molecule has 116 valence electrons. The number of carbonyl (C=O) groups is 1. The fourth-order valence-corrected chi connectivity index (χ4v) is 3.70. The molecule has 7 heteroatoms. The second-order valence-corrected chi connectivity index (χ2v) is 6.48. The first kappa shape index (κ1) is 14.9. The number of hydrogen-bond donors (Lipinski definition) is 2. The van der Waals surface area contributed by atoms with E-state index in [0.717, 1.165) is 25.8 Å². The Balaban J connectivity index is 1.45. The van der Waals surface area contributed by atoms with E-state index in [4.69, 9.17) is 10.1 Å². The summed E-state index contributed by atoms with van der Waals surface area (Å²) in [6.07, 6.45) is 9.53. The number of carboxylic acid groups (broad SMARTS) is 1. The highest BCUT2D eigenvalue weighted by Crippen LogP contribution is 2.27. The molecule has 22 heavy (non-hydrogen) atoms. The maximum absolute atomic E-state index is 10.7. The van der Waals surface area contributed by atoms with Gasteiger partial charge in [0.1, 0.15) is 5.82 Å². The van der Waals surface area contributed by atoms with E-state index in [9.17, 15) is 4.79 Å². The third kappa shape index (κ3) is 3.59. The number of thiazole rings is 1. The minimum atomic E-state index is -1.06. The van der Waals surface area contributed by atoms with Gasteiger partial charge in [-0.15, -0.1) is 11.3 Å². The highest BCUT2D eigenvalue weighted by atomic mass is 32.1. The van der Waals surface area contributed by atoms with E-state index in [2.05, 4.69) is 15.3 Å². The smallest absolute Gasteiger partial charge is 0.356 e. The molecule has 0 fully saturated rings. The van der Waals surface area contributed by atoms with Crippen LogP contribution in [0.5, 0.6) is 0 Å². The molecule has 0 atom stereocenters. The van der Waals surface area contributed by atoms with Crippen molar-refractivity contribution in [1.29, 1.82) is 0 Å². The van der Waals surface area contributed by atoms with Crippen molar-refractivity contribution in [1.82, 2.24) is 15.0 Å². The average Bonchev–Trinajstić information content (AvgIpc) is 2.95. The highest BCUT2D eigenvalue weighted by Gasteiger charge is 2.14. The number of aromatic nitrogens is 3. The normalized spacial score (nSPS) is 13.6. The van der Waals surface area contributed by atoms with Crippen molar-refractivity contribution in [2.45, 2.75) is 38.5 Å². The SMILES string of the molecule is O=C(O)c1cnc(NCCCc2nc3c(s2)CCCC3)cn1. The molecule has 3 rings (SSSR count). The predicted octanol–water partition coefficient (Wildman–Crippen LogP) is 2.55. The van der Waals surface area contributed by atoms with Crippen LogP contribution in [0.1, 0.15) is 45.3 Å². The van der Waals surface area contributed by atoms with Crippen LogP contribution < -0.4 is 5.32 Å². The average molecular weight is 318 g/mol. The molecule has 0 unspecified atom stereocenters. The lowest BCUT2D eigenvalue weighted by Crippen LogP contribution is -2.07. The summed E-state index contributed by atoms with van der Waals surface area (Å²) in [5.41, 5.74) is 1.27. The van der Waals surface area contributed by atoms with Crippen LogP contribution in [-0.2, 0) is 19.3 Å². The molecular formula is C15H18N4O2S. The summed E-state index contributed by atoms with van der Waals surface area (Å²) in [5.74, 6) is -0.463. The Morgan fingerprint density at radius 1 is 1.27 bits per heavy atom. The van der Waals surface area contributed by atoms with Crippen molar-refractivity contribution in [2.24, 2.45) is 0 Å². The van der Waals surface area contributed by atoms with Crippen LogP contribution in [-0.4, -0.2) is 32.6 Å². The van der Waals surface area contributed by atoms with Crippen LogP contribution in [0, 0.1) is 0 Å². The topological polar surface area (TPSA) is 88.0 Å². The lowest BCUT2D eigenvalue weighted by Gasteiger charge is -2.06. The lowest BCUT2D eigenvalue weighted by molar-refractivity contribution is 0.0690. The van der Waals surface area contributed by atoms with Gasteiger partial charge in [0.2, 0.25) is 0 Å². The monoisotopic (exact) mass is 318 g/mol. The molecular weight excluding hydrogens is 300 g/mol. The predicted molar refractivity (Wildman–Crippen MR) is 84.6 cm³/mol. The maximum atomic E-state index is 10.7. The van der Waals surface area contributed by atoms with Crippen LogP contribution in [0.25, 0.3) is 0 Å². The van der Waals surface area contributed by atoms with E-state index in [-0.39, 0.29) is 5.69 Å². The highest BCUT2D eigenvalue weighted by molar-refractivity contribution is 7.11. The molecule has 0 aliphatic heterocycles. The molecule has 0 radical (unpaired) electrons. The molecule has 1 aliphatic carbocycles. The van der Waals surface area contributed by atoms with E-state index in [1.54, 1.807) is 0 Å². The second kappa shape index (κ2) is 6.83. The number of hydrogen-bond acceptors (Lipinski definition) is 6. The maximum Gasteiger partial charge on any atom is 0.356 e. The Bertz CT molecular complexity index is 631. The molecule has 0 spiro atoms. The summed E-state index contributed by atoms with van der Waals surface area (Å²) in [7, 11) is 0. The molecule has 2 aromatic rings. The molecule has 0 amide bonds. The largest absolute Gasteiger partial charge is 0.476 e. The van der Waals surface area contributed by atoms with Crippen LogP contribution >= 0.6 is 11.3 Å². The van der Waals surface area contributed by atoms with Gasteiger partial charge in [0.25, 0.3) is 0 Å². The summed E-state index contributed by atoms with van der Waals surface area (Å²) in [5, 5.41) is 13.1. The molecule has 0 saturated heterocycles. The van der Waals surface area contributed by atoms with Gasteiger partial charge in [0.15, 0.2) is 5.69 Å². The summed E-state index contributed by atoms with van der Waals surface area (Å²) in [6, 6.07) is 0. The van der Waals surface area contributed by atoms with Crippen molar-refractivity contribution in [3.8, 4) is 0 Å². The van der Waals surface area contributed by atoms with Gasteiger partial charge < -0.3 is 10.4 Å². The standard InChI is InChI=1S/C15H18N4O2S/c20-15(21)11-8-18-13(9-17-11)16-7-3-6-14-19-10-4-1-2-5-12(10)22-14/h8-9H,1-7H2,(H,16,18)(H,20,21). The van der Waals surface area contributed by atoms with Gasteiger partial charge in [-0.2, -0.15) is 0 Å². The van der Waals surface area contributed by atoms with Gasteiger partial charge in [-0.05, 0) is 32.1 Å². The number of nitrogens with zero attached hydrogens (tertiary/aromatic N) is 3. The number of aromatic carboxylic acids is 1. The first-order chi connectivity index (χ1) is 10.7. The zero-order valence-corrected chi connectivity index (χ0v) is 13.0. The molecule has 0 saturated carbocycles. The van der Waals surface area contributed by atoms with Crippen LogP contribution in [0.4, 0.5) is 5.82 Å². The van der Waals surface area contributed by atoms with Gasteiger partial charge in [-0.3, -0.25) is 0 Å². The van der Waals surface area contributed by atoms with E-state index < -0.39 is 5.97 Å². The van der Waals surface area contributed by atoms with Crippen molar-refractivity contribution < 1.29 is 9.90 Å². The Morgan fingerprint density at radius 3 is 2.86 bits per heavy atom. The number of carboxylic acids is 1. The van der Waals surface area contributed by atoms with Gasteiger partial charge in [-0.1, -0.05) is 0 Å². The Kier molecular flexibility index (Phi) is 4.62. The fourth-order valence-electron chi connectivity index (χ4n) is 2.50. The van der Waals surface area contributed by atoms with Crippen LogP contribution in [0.2, 0.25) is 0 Å². The third-order valence-corrected chi connectivity index (χ3v) is 4.85.